The molecule has 1 heterocycles. The van der Waals surface area contributed by atoms with Crippen molar-refractivity contribution in [3.63, 3.8) is 0 Å². The highest BCUT2D eigenvalue weighted by Gasteiger charge is 2.28. The van der Waals surface area contributed by atoms with Gasteiger partial charge in [-0.3, -0.25) is 4.79 Å². The molecule has 0 radical (unpaired) electrons. The minimum absolute atomic E-state index is 0.0292. The molecule has 3 rings (SSSR count). The summed E-state index contributed by atoms with van der Waals surface area (Å²) in [5.41, 5.74) is 1.71. The fourth-order valence-electron chi connectivity index (χ4n) is 2.81. The average Bonchev–Trinajstić information content (AvgIpc) is 2.47. The van der Waals surface area contributed by atoms with Crippen LogP contribution in [0.1, 0.15) is 41.6 Å². The molecule has 0 saturated heterocycles. The van der Waals surface area contributed by atoms with E-state index in [1.807, 2.05) is 18.2 Å². The van der Waals surface area contributed by atoms with E-state index >= 15 is 0 Å². The van der Waals surface area contributed by atoms with Gasteiger partial charge in [-0.15, -0.1) is 0 Å². The van der Waals surface area contributed by atoms with Crippen molar-refractivity contribution < 1.29 is 13.9 Å². The maximum Gasteiger partial charge on any atom is 0.170 e. The predicted octanol–water partition coefficient (Wildman–Crippen LogP) is 4.35. The first-order chi connectivity index (χ1) is 10.1. The summed E-state index contributed by atoms with van der Waals surface area (Å²) < 4.78 is 19.1. The van der Waals surface area contributed by atoms with Crippen LogP contribution < -0.4 is 4.74 Å². The van der Waals surface area contributed by atoms with E-state index < -0.39 is 0 Å². The molecule has 0 bridgehead atoms. The summed E-state index contributed by atoms with van der Waals surface area (Å²) in [4.78, 5) is 12.1. The molecule has 2 aromatic carbocycles. The van der Waals surface area contributed by atoms with Crippen molar-refractivity contribution >= 4 is 5.78 Å². The Balaban J connectivity index is 1.75. The quantitative estimate of drug-likeness (QED) is 0.837. The first-order valence-corrected chi connectivity index (χ1v) is 7.18. The van der Waals surface area contributed by atoms with Crippen LogP contribution in [0, 0.1) is 5.82 Å². The van der Waals surface area contributed by atoms with Crippen LogP contribution >= 0.6 is 0 Å². The highest BCUT2D eigenvalue weighted by atomic mass is 19.1. The van der Waals surface area contributed by atoms with E-state index in [1.165, 1.54) is 23.8 Å². The van der Waals surface area contributed by atoms with Gasteiger partial charge in [0.15, 0.2) is 5.78 Å². The number of Topliss-reactive ketones (excluding diaryl/α,β-unsaturated/α-hetero) is 1. The summed E-state index contributed by atoms with van der Waals surface area (Å²) in [5, 5.41) is 0. The van der Waals surface area contributed by atoms with Gasteiger partial charge in [-0.1, -0.05) is 37.3 Å². The van der Waals surface area contributed by atoms with Crippen LogP contribution in [-0.4, -0.2) is 11.9 Å². The van der Waals surface area contributed by atoms with Gasteiger partial charge in [0.2, 0.25) is 0 Å². The zero-order valence-corrected chi connectivity index (χ0v) is 11.9. The molecule has 21 heavy (non-hydrogen) atoms. The first kappa shape index (κ1) is 13.8. The Morgan fingerprint density at radius 3 is 2.76 bits per heavy atom. The monoisotopic (exact) mass is 284 g/mol. The van der Waals surface area contributed by atoms with Crippen LogP contribution in [0.15, 0.2) is 48.5 Å². The third-order valence-corrected chi connectivity index (χ3v) is 3.94. The third-order valence-electron chi connectivity index (χ3n) is 3.94. The molecule has 0 fully saturated rings. The van der Waals surface area contributed by atoms with Crippen LogP contribution in [-0.2, 0) is 0 Å². The molecule has 0 amide bonds. The summed E-state index contributed by atoms with van der Waals surface area (Å²) in [5.74, 6) is 0.315. The van der Waals surface area contributed by atoms with Crippen LogP contribution in [0.2, 0.25) is 0 Å². The Hall–Kier alpha value is -2.16. The Bertz CT molecular complexity index is 652. The van der Waals surface area contributed by atoms with E-state index in [9.17, 15) is 9.18 Å². The lowest BCUT2D eigenvalue weighted by atomic mass is 9.90. The number of ketones is 1. The van der Waals surface area contributed by atoms with Gasteiger partial charge < -0.3 is 4.74 Å². The molecule has 2 atom stereocenters. The number of benzene rings is 2. The fraction of sp³-hybridized carbons (Fsp3) is 0.278. The van der Waals surface area contributed by atoms with Crippen LogP contribution in [0.4, 0.5) is 4.39 Å². The van der Waals surface area contributed by atoms with E-state index in [0.717, 1.165) is 6.42 Å². The molecule has 0 aliphatic carbocycles. The second-order valence-electron chi connectivity index (χ2n) is 5.56. The zero-order valence-electron chi connectivity index (χ0n) is 11.9. The maximum atomic E-state index is 13.3. The lowest BCUT2D eigenvalue weighted by molar-refractivity contribution is 0.0829. The molecule has 1 aliphatic heterocycles. The van der Waals surface area contributed by atoms with Crippen molar-refractivity contribution in [3.8, 4) is 5.75 Å². The standard InChI is InChI=1S/C18H17FO2/c1-12(13-5-3-2-4-6-13)9-15-11-17(20)16-8-7-14(19)10-18(16)21-15/h2-8,10,12,15H,9,11H2,1H3. The zero-order chi connectivity index (χ0) is 14.8. The summed E-state index contributed by atoms with van der Waals surface area (Å²) >= 11 is 0. The molecule has 3 heteroatoms. The highest BCUT2D eigenvalue weighted by Crippen LogP contribution is 2.32. The van der Waals surface area contributed by atoms with Gasteiger partial charge >= 0.3 is 0 Å². The second-order valence-corrected chi connectivity index (χ2v) is 5.56. The van der Waals surface area contributed by atoms with Crippen molar-refractivity contribution in [1.82, 2.24) is 0 Å². The molecular formula is C18H17FO2. The van der Waals surface area contributed by atoms with Gasteiger partial charge in [-0.25, -0.2) is 4.39 Å². The molecule has 0 aromatic heterocycles. The number of ether oxygens (including phenoxy) is 1. The van der Waals surface area contributed by atoms with Crippen molar-refractivity contribution in [2.24, 2.45) is 0 Å². The van der Waals surface area contributed by atoms with Crippen molar-refractivity contribution in [1.29, 1.82) is 0 Å². The third kappa shape index (κ3) is 2.97. The number of carbonyl (C=O) groups is 1. The van der Waals surface area contributed by atoms with Crippen LogP contribution in [0.3, 0.4) is 0 Å². The molecule has 0 N–H and O–H groups in total. The average molecular weight is 284 g/mol. The summed E-state index contributed by atoms with van der Waals surface area (Å²) in [6, 6.07) is 14.2. The minimum Gasteiger partial charge on any atom is -0.489 e. The molecule has 108 valence electrons. The van der Waals surface area contributed by atoms with Crippen LogP contribution in [0.25, 0.3) is 0 Å². The van der Waals surface area contributed by atoms with Gasteiger partial charge in [0, 0.05) is 12.5 Å². The largest absolute Gasteiger partial charge is 0.489 e. The van der Waals surface area contributed by atoms with Crippen molar-refractivity contribution in [2.45, 2.75) is 31.8 Å². The van der Waals surface area contributed by atoms with E-state index in [0.29, 0.717) is 23.7 Å². The Labute approximate surface area is 123 Å². The smallest absolute Gasteiger partial charge is 0.170 e. The highest BCUT2D eigenvalue weighted by molar-refractivity contribution is 5.99. The van der Waals surface area contributed by atoms with E-state index in [1.54, 1.807) is 0 Å². The van der Waals surface area contributed by atoms with E-state index in [-0.39, 0.29) is 17.7 Å². The number of fused-ring (bicyclic) bond motifs is 1. The molecular weight excluding hydrogens is 267 g/mol. The van der Waals surface area contributed by atoms with Crippen LogP contribution in [0.5, 0.6) is 5.75 Å². The normalized spacial score (nSPS) is 18.8. The number of halogens is 1. The number of carbonyl (C=O) groups excluding carboxylic acids is 1. The van der Waals surface area contributed by atoms with E-state index in [4.69, 9.17) is 4.74 Å². The van der Waals surface area contributed by atoms with Gasteiger partial charge in [0.25, 0.3) is 0 Å². The second kappa shape index (κ2) is 5.68. The summed E-state index contributed by atoms with van der Waals surface area (Å²) in [7, 11) is 0. The number of hydrogen-bond donors (Lipinski definition) is 0. The Kier molecular flexibility index (Phi) is 3.74. The Morgan fingerprint density at radius 1 is 1.24 bits per heavy atom. The lowest BCUT2D eigenvalue weighted by Crippen LogP contribution is -2.28. The molecule has 0 spiro atoms. The molecule has 2 nitrogen and oxygen atoms in total. The SMILES string of the molecule is CC(CC1CC(=O)c2ccc(F)cc2O1)c1ccccc1. The molecule has 2 unspecified atom stereocenters. The van der Waals surface area contributed by atoms with Crippen molar-refractivity contribution in [2.75, 3.05) is 0 Å². The van der Waals surface area contributed by atoms with E-state index in [2.05, 4.69) is 19.1 Å². The Morgan fingerprint density at radius 2 is 2.00 bits per heavy atom. The minimum atomic E-state index is -0.377. The number of rotatable bonds is 3. The number of hydrogen-bond acceptors (Lipinski definition) is 2. The maximum absolute atomic E-state index is 13.3. The fourth-order valence-corrected chi connectivity index (χ4v) is 2.81. The summed E-state index contributed by atoms with van der Waals surface area (Å²) in [6.45, 7) is 2.12. The molecule has 2 aromatic rings. The first-order valence-electron chi connectivity index (χ1n) is 7.18. The lowest BCUT2D eigenvalue weighted by Gasteiger charge is -2.27. The van der Waals surface area contributed by atoms with Gasteiger partial charge in [-0.2, -0.15) is 0 Å². The topological polar surface area (TPSA) is 26.3 Å². The van der Waals surface area contributed by atoms with Crippen molar-refractivity contribution in [3.05, 3.63) is 65.5 Å². The summed E-state index contributed by atoms with van der Waals surface area (Å²) in [6.07, 6.45) is 0.906. The molecule has 0 saturated carbocycles. The molecule has 1 aliphatic rings. The van der Waals surface area contributed by atoms with Gasteiger partial charge in [0.1, 0.15) is 17.7 Å². The van der Waals surface area contributed by atoms with Gasteiger partial charge in [0.05, 0.1) is 5.56 Å². The van der Waals surface area contributed by atoms with Gasteiger partial charge in [-0.05, 0) is 30.0 Å². The predicted molar refractivity (Wildman–Crippen MR) is 79.2 cm³/mol.